The molecule has 190 valence electrons. The van der Waals surface area contributed by atoms with E-state index in [1.807, 2.05) is 0 Å². The quantitative estimate of drug-likeness (QED) is 0.121. The number of nitrogens with two attached hydrogens (primary N) is 1. The van der Waals surface area contributed by atoms with E-state index >= 15 is 0 Å². The Morgan fingerprint density at radius 3 is 1.38 bits per heavy atom. The van der Waals surface area contributed by atoms with E-state index in [0.717, 1.165) is 12.8 Å². The minimum absolute atomic E-state index is 0.0208. The summed E-state index contributed by atoms with van der Waals surface area (Å²) in [5.41, 5.74) is 5.16. The van der Waals surface area contributed by atoms with E-state index in [2.05, 4.69) is 19.1 Å². The Labute approximate surface area is 198 Å². The van der Waals surface area contributed by atoms with Gasteiger partial charge in [0.2, 0.25) is 0 Å². The van der Waals surface area contributed by atoms with Crippen molar-refractivity contribution in [3.63, 3.8) is 0 Å². The number of hydrogen-bond donors (Lipinski definition) is 3. The van der Waals surface area contributed by atoms with Crippen LogP contribution in [-0.2, 0) is 9.59 Å². The number of aliphatic carboxylic acids is 2. The van der Waals surface area contributed by atoms with Crippen LogP contribution < -0.4 is 5.73 Å². The second-order valence-electron chi connectivity index (χ2n) is 9.25. The molecule has 0 radical (unpaired) electrons. The van der Waals surface area contributed by atoms with Crippen molar-refractivity contribution in [1.82, 2.24) is 0 Å². The Balaban J connectivity index is 0. The number of rotatable bonds is 21. The van der Waals surface area contributed by atoms with Gasteiger partial charge < -0.3 is 15.9 Å². The second-order valence-corrected chi connectivity index (χ2v) is 9.25. The molecule has 0 heterocycles. The molecule has 0 aromatic heterocycles. The van der Waals surface area contributed by atoms with E-state index in [0.29, 0.717) is 6.42 Å². The number of hydrogen-bond acceptors (Lipinski definition) is 3. The van der Waals surface area contributed by atoms with Crippen LogP contribution in [0, 0.1) is 5.92 Å². The third kappa shape index (κ3) is 28.6. The maximum atomic E-state index is 10.4. The second kappa shape index (κ2) is 25.9. The van der Waals surface area contributed by atoms with Gasteiger partial charge in [-0.25, -0.2) is 0 Å². The number of unbranched alkanes of at least 4 members (excludes halogenated alkanes) is 15. The van der Waals surface area contributed by atoms with Gasteiger partial charge in [0.15, 0.2) is 0 Å². The summed E-state index contributed by atoms with van der Waals surface area (Å²) in [5, 5.41) is 16.8. The Morgan fingerprint density at radius 2 is 1.06 bits per heavy atom. The maximum absolute atomic E-state index is 10.4. The highest BCUT2D eigenvalue weighted by Crippen LogP contribution is 2.12. The maximum Gasteiger partial charge on any atom is 0.320 e. The number of allylic oxidation sites excluding steroid dienone is 2. The average molecular weight is 456 g/mol. The molecule has 5 nitrogen and oxygen atoms in total. The lowest BCUT2D eigenvalue weighted by Gasteiger charge is -2.07. The first-order valence-corrected chi connectivity index (χ1v) is 13.2. The zero-order chi connectivity index (χ0) is 24.5. The molecule has 0 saturated carbocycles. The first-order valence-electron chi connectivity index (χ1n) is 13.2. The standard InChI is InChI=1S/C22H42O2.C5H11NO2/c1-2-3-4-5-6-7-8-9-10-11-12-13-14-15-16-17-18-19-20-21-22(23)24;1-3(2)4(6)5(7)8/h9-10H,2-8,11-21H2,1H3,(H,23,24);3-4H,6H2,1-2H3,(H,7,8)/b10-9-;/t;4-/m.0/s1. The lowest BCUT2D eigenvalue weighted by molar-refractivity contribution is -0.139. The summed E-state index contributed by atoms with van der Waals surface area (Å²) >= 11 is 0. The van der Waals surface area contributed by atoms with Crippen molar-refractivity contribution in [3.05, 3.63) is 12.2 Å². The van der Waals surface area contributed by atoms with Crippen molar-refractivity contribution in [2.24, 2.45) is 11.7 Å². The molecule has 1 atom stereocenters. The minimum atomic E-state index is -0.931. The molecule has 0 aliphatic rings. The molecule has 0 aliphatic heterocycles. The third-order valence-electron chi connectivity index (χ3n) is 5.66. The van der Waals surface area contributed by atoms with E-state index in [4.69, 9.17) is 15.9 Å². The lowest BCUT2D eigenvalue weighted by Crippen LogP contribution is -2.34. The van der Waals surface area contributed by atoms with Crippen LogP contribution >= 0.6 is 0 Å². The van der Waals surface area contributed by atoms with Gasteiger partial charge in [0.25, 0.3) is 0 Å². The normalized spacial score (nSPS) is 12.0. The zero-order valence-electron chi connectivity index (χ0n) is 21.3. The average Bonchev–Trinajstić information content (AvgIpc) is 2.74. The first kappa shape index (κ1) is 32.8. The molecular formula is C27H53NO4. The molecule has 5 heteroatoms. The van der Waals surface area contributed by atoms with Crippen molar-refractivity contribution in [2.45, 2.75) is 142 Å². The summed E-state index contributed by atoms with van der Waals surface area (Å²) in [5.74, 6) is -1.57. The van der Waals surface area contributed by atoms with Gasteiger partial charge in [-0.05, 0) is 38.0 Å². The molecule has 0 aliphatic carbocycles. The van der Waals surface area contributed by atoms with Gasteiger partial charge in [-0.1, -0.05) is 110 Å². The van der Waals surface area contributed by atoms with Gasteiger partial charge >= 0.3 is 11.9 Å². The molecule has 0 aromatic rings. The molecule has 0 rings (SSSR count). The summed E-state index contributed by atoms with van der Waals surface area (Å²) in [6.07, 6.45) is 27.1. The van der Waals surface area contributed by atoms with Crippen LogP contribution in [0.5, 0.6) is 0 Å². The number of carbonyl (C=O) groups is 2. The summed E-state index contributed by atoms with van der Waals surface area (Å²) < 4.78 is 0. The van der Waals surface area contributed by atoms with Crippen molar-refractivity contribution < 1.29 is 19.8 Å². The van der Waals surface area contributed by atoms with Crippen LogP contribution in [0.15, 0.2) is 12.2 Å². The van der Waals surface area contributed by atoms with E-state index in [1.54, 1.807) is 13.8 Å². The summed E-state index contributed by atoms with van der Waals surface area (Å²) in [4.78, 5) is 20.4. The van der Waals surface area contributed by atoms with E-state index in [-0.39, 0.29) is 5.92 Å². The van der Waals surface area contributed by atoms with Crippen LogP contribution in [-0.4, -0.2) is 28.2 Å². The number of carboxylic acids is 2. The third-order valence-corrected chi connectivity index (χ3v) is 5.66. The fraction of sp³-hybridized carbons (Fsp3) is 0.852. The van der Waals surface area contributed by atoms with Crippen LogP contribution in [0.4, 0.5) is 0 Å². The van der Waals surface area contributed by atoms with Crippen molar-refractivity contribution in [2.75, 3.05) is 0 Å². The molecule has 0 unspecified atom stereocenters. The van der Waals surface area contributed by atoms with Gasteiger partial charge in [-0.15, -0.1) is 0 Å². The topological polar surface area (TPSA) is 101 Å². The molecule has 0 aromatic carbocycles. The zero-order valence-corrected chi connectivity index (χ0v) is 21.3. The molecule has 0 bridgehead atoms. The molecule has 0 saturated heterocycles. The number of carboxylic acid groups (broad SMARTS) is 2. The highest BCUT2D eigenvalue weighted by Gasteiger charge is 2.14. The molecule has 0 fully saturated rings. The van der Waals surface area contributed by atoms with Crippen LogP contribution in [0.25, 0.3) is 0 Å². The largest absolute Gasteiger partial charge is 0.481 e. The molecule has 32 heavy (non-hydrogen) atoms. The van der Waals surface area contributed by atoms with E-state index in [9.17, 15) is 9.59 Å². The van der Waals surface area contributed by atoms with E-state index < -0.39 is 18.0 Å². The van der Waals surface area contributed by atoms with Gasteiger partial charge in [-0.2, -0.15) is 0 Å². The fourth-order valence-corrected chi connectivity index (χ4v) is 3.34. The van der Waals surface area contributed by atoms with Gasteiger partial charge in [0.1, 0.15) is 6.04 Å². The predicted molar refractivity (Wildman–Crippen MR) is 136 cm³/mol. The lowest BCUT2D eigenvalue weighted by atomic mass is 10.1. The van der Waals surface area contributed by atoms with Crippen LogP contribution in [0.1, 0.15) is 136 Å². The van der Waals surface area contributed by atoms with Crippen LogP contribution in [0.3, 0.4) is 0 Å². The summed E-state index contributed by atoms with van der Waals surface area (Å²) in [6, 6.07) is -0.713. The highest BCUT2D eigenvalue weighted by molar-refractivity contribution is 5.73. The Morgan fingerprint density at radius 1 is 0.688 bits per heavy atom. The Bertz CT molecular complexity index is 449. The molecule has 4 N–H and O–H groups in total. The predicted octanol–water partition coefficient (Wildman–Crippen LogP) is 7.72. The van der Waals surface area contributed by atoms with Gasteiger partial charge in [-0.3, -0.25) is 9.59 Å². The summed E-state index contributed by atoms with van der Waals surface area (Å²) in [6.45, 7) is 5.82. The van der Waals surface area contributed by atoms with Crippen molar-refractivity contribution in [3.8, 4) is 0 Å². The molecular weight excluding hydrogens is 402 g/mol. The van der Waals surface area contributed by atoms with Crippen LogP contribution in [0.2, 0.25) is 0 Å². The summed E-state index contributed by atoms with van der Waals surface area (Å²) in [7, 11) is 0. The van der Waals surface area contributed by atoms with Gasteiger partial charge in [0, 0.05) is 6.42 Å². The highest BCUT2D eigenvalue weighted by atomic mass is 16.4. The van der Waals surface area contributed by atoms with Crippen molar-refractivity contribution >= 4 is 11.9 Å². The Hall–Kier alpha value is -1.36. The fourth-order valence-electron chi connectivity index (χ4n) is 3.34. The van der Waals surface area contributed by atoms with Crippen molar-refractivity contribution in [1.29, 1.82) is 0 Å². The Kier molecular flexibility index (Phi) is 26.6. The van der Waals surface area contributed by atoms with E-state index in [1.165, 1.54) is 96.3 Å². The smallest absolute Gasteiger partial charge is 0.320 e. The monoisotopic (exact) mass is 455 g/mol. The van der Waals surface area contributed by atoms with Gasteiger partial charge in [0.05, 0.1) is 0 Å². The first-order chi connectivity index (χ1) is 15.3. The SMILES string of the molecule is CC(C)[C@H](N)C(=O)O.CCCCCCCC/C=C\CCCCCCCCCCCC(=O)O. The molecule has 0 spiro atoms. The minimum Gasteiger partial charge on any atom is -0.481 e. The molecule has 0 amide bonds.